The smallest absolute Gasteiger partial charge is 0.290 e. The van der Waals surface area contributed by atoms with Crippen LogP contribution >= 0.6 is 0 Å². The highest BCUT2D eigenvalue weighted by Gasteiger charge is 2.25. The number of carbonyl (C=O) groups is 2. The van der Waals surface area contributed by atoms with Crippen LogP contribution in [0.3, 0.4) is 0 Å². The van der Waals surface area contributed by atoms with Gasteiger partial charge in [0, 0.05) is 12.5 Å². The van der Waals surface area contributed by atoms with Crippen molar-refractivity contribution in [3.05, 3.63) is 71.8 Å². The van der Waals surface area contributed by atoms with E-state index < -0.39 is 0 Å². The van der Waals surface area contributed by atoms with Crippen LogP contribution in [0.2, 0.25) is 0 Å². The third kappa shape index (κ3) is 6.50. The average Bonchev–Trinajstić information content (AvgIpc) is 2.94. The molecule has 1 heterocycles. The number of likely N-dealkylation sites (N-methyl/N-ethyl adjacent to an activating group) is 1. The third-order valence-electron chi connectivity index (χ3n) is 5.21. The predicted molar refractivity (Wildman–Crippen MR) is 111 cm³/mol. The Hall–Kier alpha value is -2.66. The molecule has 150 valence electrons. The molecule has 3 rings (SSSR count). The van der Waals surface area contributed by atoms with Gasteiger partial charge in [-0.3, -0.25) is 14.5 Å². The molecule has 0 bridgehead atoms. The van der Waals surface area contributed by atoms with Crippen molar-refractivity contribution in [3.63, 3.8) is 0 Å². The van der Waals surface area contributed by atoms with Gasteiger partial charge < -0.3 is 10.4 Å². The van der Waals surface area contributed by atoms with E-state index in [0.29, 0.717) is 6.54 Å². The fraction of sp³-hybridized carbons (Fsp3) is 0.391. The number of carboxylic acid groups (broad SMARTS) is 1. The molecule has 1 amide bonds. The summed E-state index contributed by atoms with van der Waals surface area (Å²) in [6, 6.07) is 20.9. The molecule has 5 heteroatoms. The van der Waals surface area contributed by atoms with Crippen molar-refractivity contribution in [2.75, 3.05) is 20.1 Å². The minimum Gasteiger partial charge on any atom is -0.483 e. The summed E-state index contributed by atoms with van der Waals surface area (Å²) >= 11 is 0. The normalized spacial score (nSPS) is 17.1. The van der Waals surface area contributed by atoms with Crippen LogP contribution in [0.5, 0.6) is 0 Å². The molecule has 5 nitrogen and oxygen atoms in total. The van der Waals surface area contributed by atoms with Crippen molar-refractivity contribution in [2.45, 2.75) is 37.6 Å². The summed E-state index contributed by atoms with van der Waals surface area (Å²) in [5, 5.41) is 10.1. The second kappa shape index (κ2) is 11.9. The van der Waals surface area contributed by atoms with Crippen LogP contribution in [0.25, 0.3) is 0 Å². The highest BCUT2D eigenvalue weighted by molar-refractivity contribution is 5.81. The maximum Gasteiger partial charge on any atom is 0.290 e. The Morgan fingerprint density at radius 2 is 1.61 bits per heavy atom. The highest BCUT2D eigenvalue weighted by Crippen LogP contribution is 2.24. The van der Waals surface area contributed by atoms with Gasteiger partial charge >= 0.3 is 0 Å². The average molecular weight is 383 g/mol. The summed E-state index contributed by atoms with van der Waals surface area (Å²) in [5.41, 5.74) is 2.48. The molecule has 1 atom stereocenters. The van der Waals surface area contributed by atoms with Crippen LogP contribution in [-0.4, -0.2) is 48.6 Å². The monoisotopic (exact) mass is 382 g/mol. The standard InChI is InChI=1S/C22H28N2O.CH2O2/c1-24-16-10-4-9-15-21(24)22(25)23-17-20(18-11-5-2-6-12-18)19-13-7-3-8-14-19;2-1-3/h2-3,5-8,11-14,20-21H,4,9-10,15-17H2,1H3,(H,23,25);1H,(H,2,3). The third-order valence-corrected chi connectivity index (χ3v) is 5.21. The molecule has 2 aromatic rings. The minimum atomic E-state index is -0.250. The molecule has 2 N–H and O–H groups in total. The van der Waals surface area contributed by atoms with Gasteiger partial charge in [-0.05, 0) is 37.6 Å². The molecule has 1 aliphatic heterocycles. The molecule has 0 aliphatic carbocycles. The quantitative estimate of drug-likeness (QED) is 0.777. The molecule has 0 saturated carbocycles. The number of nitrogens with zero attached hydrogens (tertiary/aromatic N) is 1. The number of amides is 1. The molecule has 0 spiro atoms. The van der Waals surface area contributed by atoms with Gasteiger partial charge in [0.25, 0.3) is 6.47 Å². The summed E-state index contributed by atoms with van der Waals surface area (Å²) in [5.74, 6) is 0.351. The summed E-state index contributed by atoms with van der Waals surface area (Å²) in [4.78, 5) is 23.3. The molecule has 1 saturated heterocycles. The summed E-state index contributed by atoms with van der Waals surface area (Å²) in [6.45, 7) is 1.40. The fourth-order valence-electron chi connectivity index (χ4n) is 3.70. The first kappa shape index (κ1) is 21.6. The van der Waals surface area contributed by atoms with E-state index in [4.69, 9.17) is 9.90 Å². The van der Waals surface area contributed by atoms with Crippen molar-refractivity contribution in [1.82, 2.24) is 10.2 Å². The van der Waals surface area contributed by atoms with Gasteiger partial charge in [0.15, 0.2) is 0 Å². The fourth-order valence-corrected chi connectivity index (χ4v) is 3.70. The molecule has 0 aromatic heterocycles. The SMILES string of the molecule is CN1CCCCCC1C(=O)NCC(c1ccccc1)c1ccccc1.O=CO. The first-order chi connectivity index (χ1) is 13.7. The van der Waals surface area contributed by atoms with Crippen LogP contribution in [0.4, 0.5) is 0 Å². The molecule has 1 aliphatic rings. The molecule has 0 radical (unpaired) electrons. The lowest BCUT2D eigenvalue weighted by Gasteiger charge is -2.26. The highest BCUT2D eigenvalue weighted by atomic mass is 16.3. The van der Waals surface area contributed by atoms with E-state index >= 15 is 0 Å². The Bertz CT molecular complexity index is 667. The number of hydrogen-bond donors (Lipinski definition) is 2. The van der Waals surface area contributed by atoms with E-state index in [1.807, 2.05) is 12.1 Å². The maximum atomic E-state index is 12.8. The molecular weight excluding hydrogens is 352 g/mol. The summed E-state index contributed by atoms with van der Waals surface area (Å²) < 4.78 is 0. The minimum absolute atomic E-state index is 0.00898. The molecule has 28 heavy (non-hydrogen) atoms. The van der Waals surface area contributed by atoms with Gasteiger partial charge in [0.1, 0.15) is 0 Å². The van der Waals surface area contributed by atoms with Gasteiger partial charge in [-0.15, -0.1) is 0 Å². The van der Waals surface area contributed by atoms with E-state index in [0.717, 1.165) is 19.4 Å². The number of rotatable bonds is 5. The maximum absolute atomic E-state index is 12.8. The second-order valence-electron chi connectivity index (χ2n) is 7.07. The van der Waals surface area contributed by atoms with Crippen LogP contribution in [0.1, 0.15) is 42.7 Å². The lowest BCUT2D eigenvalue weighted by molar-refractivity contribution is -0.126. The second-order valence-corrected chi connectivity index (χ2v) is 7.07. The molecular formula is C23H30N2O3. The summed E-state index contributed by atoms with van der Waals surface area (Å²) in [6.07, 6.45) is 4.52. The summed E-state index contributed by atoms with van der Waals surface area (Å²) in [7, 11) is 2.07. The Labute approximate surface area is 167 Å². The van der Waals surface area contributed by atoms with Gasteiger partial charge in [-0.2, -0.15) is 0 Å². The topological polar surface area (TPSA) is 69.6 Å². The predicted octanol–water partition coefficient (Wildman–Crippen LogP) is 3.51. The first-order valence-electron chi connectivity index (χ1n) is 9.83. The lowest BCUT2D eigenvalue weighted by Crippen LogP contribution is -2.45. The van der Waals surface area contributed by atoms with Gasteiger partial charge in [0.05, 0.1) is 6.04 Å². The van der Waals surface area contributed by atoms with Gasteiger partial charge in [-0.1, -0.05) is 73.5 Å². The molecule has 1 unspecified atom stereocenters. The number of benzene rings is 2. The van der Waals surface area contributed by atoms with Crippen molar-refractivity contribution >= 4 is 12.4 Å². The van der Waals surface area contributed by atoms with Crippen LogP contribution in [0.15, 0.2) is 60.7 Å². The Kier molecular flexibility index (Phi) is 9.22. The van der Waals surface area contributed by atoms with Crippen LogP contribution in [0, 0.1) is 0 Å². The van der Waals surface area contributed by atoms with E-state index in [2.05, 4.69) is 65.8 Å². The Morgan fingerprint density at radius 1 is 1.07 bits per heavy atom. The van der Waals surface area contributed by atoms with Crippen molar-refractivity contribution in [1.29, 1.82) is 0 Å². The number of likely N-dealkylation sites (tertiary alicyclic amines) is 1. The lowest BCUT2D eigenvalue weighted by atomic mass is 9.91. The zero-order valence-corrected chi connectivity index (χ0v) is 16.5. The van der Waals surface area contributed by atoms with E-state index in [1.165, 1.54) is 24.0 Å². The number of nitrogens with one attached hydrogen (secondary N) is 1. The molecule has 2 aromatic carbocycles. The largest absolute Gasteiger partial charge is 0.483 e. The zero-order valence-electron chi connectivity index (χ0n) is 16.5. The molecule has 1 fully saturated rings. The zero-order chi connectivity index (χ0) is 20.2. The van der Waals surface area contributed by atoms with Crippen molar-refractivity contribution < 1.29 is 14.7 Å². The number of hydrogen-bond acceptors (Lipinski definition) is 3. The van der Waals surface area contributed by atoms with E-state index in [9.17, 15) is 4.79 Å². The van der Waals surface area contributed by atoms with Gasteiger partial charge in [0.2, 0.25) is 5.91 Å². The first-order valence-corrected chi connectivity index (χ1v) is 9.83. The van der Waals surface area contributed by atoms with Crippen LogP contribution < -0.4 is 5.32 Å². The Morgan fingerprint density at radius 3 is 2.14 bits per heavy atom. The van der Waals surface area contributed by atoms with Crippen LogP contribution in [-0.2, 0) is 9.59 Å². The van der Waals surface area contributed by atoms with E-state index in [-0.39, 0.29) is 24.3 Å². The Balaban J connectivity index is 0.000000878. The number of carbonyl (C=O) groups excluding carboxylic acids is 1. The van der Waals surface area contributed by atoms with Crippen molar-refractivity contribution in [2.24, 2.45) is 0 Å². The van der Waals surface area contributed by atoms with E-state index in [1.54, 1.807) is 0 Å². The van der Waals surface area contributed by atoms with Crippen molar-refractivity contribution in [3.8, 4) is 0 Å². The van der Waals surface area contributed by atoms with Gasteiger partial charge in [-0.25, -0.2) is 0 Å².